The summed E-state index contributed by atoms with van der Waals surface area (Å²) < 4.78 is 14.3. The number of hydrogen-bond acceptors (Lipinski definition) is 3. The lowest BCUT2D eigenvalue weighted by atomic mass is 10.5. The number of nitrogens with one attached hydrogen (secondary N) is 1. The molecule has 1 saturated carbocycles. The van der Waals surface area contributed by atoms with E-state index < -0.39 is 0 Å². The molecule has 0 saturated heterocycles. The van der Waals surface area contributed by atoms with Crippen LogP contribution in [0.5, 0.6) is 0 Å². The quantitative estimate of drug-likeness (QED) is 0.813. The van der Waals surface area contributed by atoms with Crippen molar-refractivity contribution >= 4 is 11.6 Å². The van der Waals surface area contributed by atoms with Crippen LogP contribution in [0.1, 0.15) is 13.3 Å². The number of rotatable bonds is 2. The summed E-state index contributed by atoms with van der Waals surface area (Å²) in [6.07, 6.45) is 2.48. The molecule has 5 heteroatoms. The van der Waals surface area contributed by atoms with Crippen molar-refractivity contribution in [2.45, 2.75) is 19.4 Å². The van der Waals surface area contributed by atoms with Crippen molar-refractivity contribution in [1.29, 1.82) is 0 Å². The molecule has 0 aromatic carbocycles. The van der Waals surface area contributed by atoms with Crippen LogP contribution in [0.25, 0.3) is 5.65 Å². The lowest BCUT2D eigenvalue weighted by molar-refractivity contribution is 0.615. The molecule has 1 fully saturated rings. The summed E-state index contributed by atoms with van der Waals surface area (Å²) >= 11 is 0. The van der Waals surface area contributed by atoms with E-state index in [1.165, 1.54) is 16.8 Å². The highest BCUT2D eigenvalue weighted by atomic mass is 19.1. The van der Waals surface area contributed by atoms with Gasteiger partial charge >= 0.3 is 0 Å². The topological polar surface area (TPSA) is 42.2 Å². The highest BCUT2D eigenvalue weighted by Crippen LogP contribution is 2.31. The molecule has 2 heterocycles. The predicted molar refractivity (Wildman–Crippen MR) is 54.1 cm³/mol. The van der Waals surface area contributed by atoms with E-state index >= 15 is 0 Å². The number of halogens is 1. The van der Waals surface area contributed by atoms with Gasteiger partial charge in [0.25, 0.3) is 0 Å². The zero-order valence-electron chi connectivity index (χ0n) is 8.31. The standard InChI is InChI=1S/C10H11FN4/c1-6-4-8(6)12-10-13-9-3-2-7(11)5-15(9)14-10/h2-3,5-6,8H,4H2,1H3,(H,12,14). The van der Waals surface area contributed by atoms with Crippen LogP contribution in [0.2, 0.25) is 0 Å². The Hall–Kier alpha value is -1.65. The van der Waals surface area contributed by atoms with Gasteiger partial charge in [-0.25, -0.2) is 8.91 Å². The van der Waals surface area contributed by atoms with Gasteiger partial charge in [0, 0.05) is 6.04 Å². The van der Waals surface area contributed by atoms with Crippen molar-refractivity contribution in [1.82, 2.24) is 14.6 Å². The maximum atomic E-state index is 12.9. The Kier molecular flexibility index (Phi) is 1.68. The Labute approximate surface area is 86.1 Å². The molecular formula is C10H11FN4. The molecule has 0 radical (unpaired) electrons. The maximum absolute atomic E-state index is 12.9. The number of pyridine rings is 1. The smallest absolute Gasteiger partial charge is 0.243 e. The Morgan fingerprint density at radius 3 is 3.07 bits per heavy atom. The summed E-state index contributed by atoms with van der Waals surface area (Å²) in [4.78, 5) is 4.24. The van der Waals surface area contributed by atoms with Crippen LogP contribution in [0.15, 0.2) is 18.3 Å². The zero-order valence-corrected chi connectivity index (χ0v) is 8.31. The van der Waals surface area contributed by atoms with E-state index in [0.29, 0.717) is 23.6 Å². The van der Waals surface area contributed by atoms with E-state index in [-0.39, 0.29) is 5.82 Å². The monoisotopic (exact) mass is 206 g/mol. The van der Waals surface area contributed by atoms with Gasteiger partial charge in [-0.15, -0.1) is 5.10 Å². The molecule has 0 bridgehead atoms. The summed E-state index contributed by atoms with van der Waals surface area (Å²) in [6.45, 7) is 2.17. The zero-order chi connectivity index (χ0) is 10.4. The molecule has 1 aliphatic rings. The fourth-order valence-electron chi connectivity index (χ4n) is 1.61. The minimum absolute atomic E-state index is 0.307. The predicted octanol–water partition coefficient (Wildman–Crippen LogP) is 1.69. The van der Waals surface area contributed by atoms with Gasteiger partial charge in [0.05, 0.1) is 6.20 Å². The molecule has 78 valence electrons. The third-order valence-electron chi connectivity index (χ3n) is 2.72. The van der Waals surface area contributed by atoms with Gasteiger partial charge < -0.3 is 5.32 Å². The van der Waals surface area contributed by atoms with E-state index in [0.717, 1.165) is 6.42 Å². The normalized spacial score (nSPS) is 24.4. The van der Waals surface area contributed by atoms with Crippen LogP contribution in [0.4, 0.5) is 10.3 Å². The second-order valence-corrected chi connectivity index (χ2v) is 4.05. The van der Waals surface area contributed by atoms with Gasteiger partial charge in [-0.1, -0.05) is 6.92 Å². The van der Waals surface area contributed by atoms with E-state index in [2.05, 4.69) is 22.3 Å². The second-order valence-electron chi connectivity index (χ2n) is 4.05. The van der Waals surface area contributed by atoms with Crippen LogP contribution >= 0.6 is 0 Å². The van der Waals surface area contributed by atoms with Crippen molar-refractivity contribution in [2.24, 2.45) is 5.92 Å². The average Bonchev–Trinajstić information content (AvgIpc) is 2.75. The Morgan fingerprint density at radius 2 is 2.33 bits per heavy atom. The van der Waals surface area contributed by atoms with Crippen molar-refractivity contribution in [3.63, 3.8) is 0 Å². The number of aromatic nitrogens is 3. The SMILES string of the molecule is CC1CC1Nc1nc2ccc(F)cn2n1. The van der Waals surface area contributed by atoms with Crippen LogP contribution in [0.3, 0.4) is 0 Å². The number of hydrogen-bond donors (Lipinski definition) is 1. The molecule has 15 heavy (non-hydrogen) atoms. The number of nitrogens with zero attached hydrogens (tertiary/aromatic N) is 3. The van der Waals surface area contributed by atoms with Gasteiger partial charge in [-0.3, -0.25) is 0 Å². The highest BCUT2D eigenvalue weighted by molar-refractivity contribution is 5.44. The first-order valence-electron chi connectivity index (χ1n) is 5.01. The minimum Gasteiger partial charge on any atom is -0.350 e. The van der Waals surface area contributed by atoms with Crippen LogP contribution in [-0.4, -0.2) is 20.6 Å². The van der Waals surface area contributed by atoms with E-state index in [9.17, 15) is 4.39 Å². The van der Waals surface area contributed by atoms with Crippen molar-refractivity contribution in [3.8, 4) is 0 Å². The summed E-state index contributed by atoms with van der Waals surface area (Å²) in [5, 5.41) is 7.35. The fraction of sp³-hybridized carbons (Fsp3) is 0.400. The van der Waals surface area contributed by atoms with E-state index in [4.69, 9.17) is 0 Å². The summed E-state index contributed by atoms with van der Waals surface area (Å²) in [7, 11) is 0. The van der Waals surface area contributed by atoms with Gasteiger partial charge in [0.1, 0.15) is 5.82 Å². The van der Waals surface area contributed by atoms with Crippen LogP contribution in [0, 0.1) is 11.7 Å². The van der Waals surface area contributed by atoms with Gasteiger partial charge in [0.2, 0.25) is 5.95 Å². The van der Waals surface area contributed by atoms with Gasteiger partial charge in [0.15, 0.2) is 5.65 Å². The van der Waals surface area contributed by atoms with Gasteiger partial charge in [-0.05, 0) is 24.5 Å². The largest absolute Gasteiger partial charge is 0.350 e. The van der Waals surface area contributed by atoms with Crippen LogP contribution < -0.4 is 5.32 Å². The van der Waals surface area contributed by atoms with Crippen LogP contribution in [-0.2, 0) is 0 Å². The van der Waals surface area contributed by atoms with Gasteiger partial charge in [-0.2, -0.15) is 4.98 Å². The third kappa shape index (κ3) is 1.54. The molecule has 2 unspecified atom stereocenters. The average molecular weight is 206 g/mol. The molecule has 0 aliphatic heterocycles. The van der Waals surface area contributed by atoms with E-state index in [1.54, 1.807) is 6.07 Å². The Balaban J connectivity index is 1.92. The summed E-state index contributed by atoms with van der Waals surface area (Å²) in [5.74, 6) is 0.960. The molecule has 2 aromatic heterocycles. The fourth-order valence-corrected chi connectivity index (χ4v) is 1.61. The second kappa shape index (κ2) is 2.92. The molecule has 4 nitrogen and oxygen atoms in total. The first-order valence-corrected chi connectivity index (χ1v) is 5.01. The number of anilines is 1. The summed E-state index contributed by atoms with van der Waals surface area (Å²) in [5.41, 5.74) is 0.659. The first kappa shape index (κ1) is 8.64. The van der Waals surface area contributed by atoms with Crippen molar-refractivity contribution in [3.05, 3.63) is 24.1 Å². The lowest BCUT2D eigenvalue weighted by Gasteiger charge is -1.95. The molecule has 1 aliphatic carbocycles. The molecule has 2 atom stereocenters. The maximum Gasteiger partial charge on any atom is 0.243 e. The molecular weight excluding hydrogens is 195 g/mol. The molecule has 0 spiro atoms. The highest BCUT2D eigenvalue weighted by Gasteiger charge is 2.33. The van der Waals surface area contributed by atoms with Crippen molar-refractivity contribution < 1.29 is 4.39 Å². The third-order valence-corrected chi connectivity index (χ3v) is 2.72. The Morgan fingerprint density at radius 1 is 1.53 bits per heavy atom. The molecule has 3 rings (SSSR count). The van der Waals surface area contributed by atoms with E-state index in [1.807, 2.05) is 0 Å². The number of fused-ring (bicyclic) bond motifs is 1. The lowest BCUT2D eigenvalue weighted by Crippen LogP contribution is -2.04. The van der Waals surface area contributed by atoms with Crippen molar-refractivity contribution in [2.75, 3.05) is 5.32 Å². The molecule has 2 aromatic rings. The molecule has 1 N–H and O–H groups in total. The summed E-state index contributed by atoms with van der Waals surface area (Å²) in [6, 6.07) is 3.48. The minimum atomic E-state index is -0.307. The Bertz CT molecular complexity index is 507. The molecule has 0 amide bonds. The first-order chi connectivity index (χ1) is 7.22.